The molecule has 1 rings (SSSR count). The fourth-order valence-electron chi connectivity index (χ4n) is 1.73. The lowest BCUT2D eigenvalue weighted by molar-refractivity contribution is 0.0953. The van der Waals surface area contributed by atoms with Gasteiger partial charge >= 0.3 is 0 Å². The van der Waals surface area contributed by atoms with E-state index in [1.165, 1.54) is 0 Å². The van der Waals surface area contributed by atoms with Crippen LogP contribution in [0.25, 0.3) is 0 Å². The van der Waals surface area contributed by atoms with E-state index in [2.05, 4.69) is 29.0 Å². The Morgan fingerprint density at radius 3 is 2.67 bits per heavy atom. The van der Waals surface area contributed by atoms with Gasteiger partial charge in [0.15, 0.2) is 0 Å². The Hall–Kier alpha value is -1.58. The number of aromatic nitrogens is 1. The minimum absolute atomic E-state index is 0.0533. The first-order chi connectivity index (χ1) is 8.54. The summed E-state index contributed by atoms with van der Waals surface area (Å²) >= 11 is 0. The smallest absolute Gasteiger partial charge is 0.252 e. The molecule has 18 heavy (non-hydrogen) atoms. The van der Waals surface area contributed by atoms with Gasteiger partial charge in [-0.1, -0.05) is 20.8 Å². The van der Waals surface area contributed by atoms with Crippen molar-refractivity contribution in [3.05, 3.63) is 23.9 Å². The molecule has 0 bridgehead atoms. The first-order valence-electron chi connectivity index (χ1n) is 6.50. The summed E-state index contributed by atoms with van der Waals surface area (Å²) in [4.78, 5) is 18.1. The minimum Gasteiger partial charge on any atom is -0.359 e. The van der Waals surface area contributed by atoms with Crippen molar-refractivity contribution in [2.24, 2.45) is 5.92 Å². The van der Waals surface area contributed by atoms with Crippen LogP contribution in [-0.2, 0) is 0 Å². The Bertz CT molecular complexity index is 373. The zero-order chi connectivity index (χ0) is 13.5. The highest BCUT2D eigenvalue weighted by atomic mass is 16.1. The molecule has 1 aromatic heterocycles. The van der Waals surface area contributed by atoms with Gasteiger partial charge in [0.1, 0.15) is 5.82 Å². The number of nitrogens with zero attached hydrogens (tertiary/aromatic N) is 2. The Morgan fingerprint density at radius 1 is 1.44 bits per heavy atom. The van der Waals surface area contributed by atoms with Crippen molar-refractivity contribution < 1.29 is 4.79 Å². The lowest BCUT2D eigenvalue weighted by Crippen LogP contribution is -2.25. The van der Waals surface area contributed by atoms with Crippen LogP contribution < -0.4 is 10.2 Å². The van der Waals surface area contributed by atoms with Crippen LogP contribution in [-0.4, -0.2) is 31.0 Å². The maximum absolute atomic E-state index is 11.7. The number of carbonyl (C=O) groups excluding carboxylic acids is 1. The zero-order valence-electron chi connectivity index (χ0n) is 11.7. The number of hydrogen-bond donors (Lipinski definition) is 1. The average Bonchev–Trinajstić information content (AvgIpc) is 2.35. The molecule has 0 fully saturated rings. The van der Waals surface area contributed by atoms with Gasteiger partial charge in [-0.3, -0.25) is 4.79 Å². The summed E-state index contributed by atoms with van der Waals surface area (Å²) in [5.41, 5.74) is 0.616. The van der Waals surface area contributed by atoms with Gasteiger partial charge < -0.3 is 10.2 Å². The predicted molar refractivity (Wildman–Crippen MR) is 75.0 cm³/mol. The third kappa shape index (κ3) is 4.35. The monoisotopic (exact) mass is 249 g/mol. The second-order valence-electron chi connectivity index (χ2n) is 4.94. The van der Waals surface area contributed by atoms with Gasteiger partial charge in [0.05, 0.1) is 5.56 Å². The van der Waals surface area contributed by atoms with Crippen LogP contribution >= 0.6 is 0 Å². The molecule has 4 heteroatoms. The van der Waals surface area contributed by atoms with Gasteiger partial charge in [-0.2, -0.15) is 0 Å². The normalized spacial score (nSPS) is 10.5. The van der Waals surface area contributed by atoms with Crippen LogP contribution in [0.15, 0.2) is 18.3 Å². The molecule has 0 atom stereocenters. The van der Waals surface area contributed by atoms with Crippen molar-refractivity contribution in [2.75, 3.05) is 25.0 Å². The van der Waals surface area contributed by atoms with Crippen LogP contribution in [0, 0.1) is 5.92 Å². The summed E-state index contributed by atoms with van der Waals surface area (Å²) in [6, 6.07) is 3.72. The first kappa shape index (κ1) is 14.5. The second kappa shape index (κ2) is 6.99. The lowest BCUT2D eigenvalue weighted by Gasteiger charge is -2.20. The van der Waals surface area contributed by atoms with Crippen molar-refractivity contribution in [1.29, 1.82) is 0 Å². The molecule has 0 aliphatic heterocycles. The standard InChI is InChI=1S/C14H23N3O/c1-5-8-15-14(18)12-6-7-13(16-9-12)17(4)10-11(2)3/h6-7,9,11H,5,8,10H2,1-4H3,(H,15,18). The van der Waals surface area contributed by atoms with E-state index in [1.807, 2.05) is 26.1 Å². The largest absolute Gasteiger partial charge is 0.359 e. The molecule has 0 unspecified atom stereocenters. The molecule has 0 aliphatic rings. The molecule has 0 spiro atoms. The minimum atomic E-state index is -0.0533. The Labute approximate surface area is 109 Å². The van der Waals surface area contributed by atoms with E-state index in [9.17, 15) is 4.79 Å². The topological polar surface area (TPSA) is 45.2 Å². The highest BCUT2D eigenvalue weighted by Gasteiger charge is 2.08. The van der Waals surface area contributed by atoms with E-state index in [1.54, 1.807) is 6.20 Å². The van der Waals surface area contributed by atoms with Gasteiger partial charge in [-0.25, -0.2) is 4.98 Å². The van der Waals surface area contributed by atoms with Gasteiger partial charge in [0.2, 0.25) is 0 Å². The molecule has 4 nitrogen and oxygen atoms in total. The summed E-state index contributed by atoms with van der Waals surface area (Å²) in [5, 5.41) is 2.84. The molecule has 0 saturated heterocycles. The molecule has 1 N–H and O–H groups in total. The van der Waals surface area contributed by atoms with Gasteiger partial charge in [0, 0.05) is 26.3 Å². The first-order valence-corrected chi connectivity index (χ1v) is 6.50. The number of anilines is 1. The van der Waals surface area contributed by atoms with E-state index < -0.39 is 0 Å². The summed E-state index contributed by atoms with van der Waals surface area (Å²) in [6.45, 7) is 8.02. The summed E-state index contributed by atoms with van der Waals surface area (Å²) < 4.78 is 0. The van der Waals surface area contributed by atoms with Gasteiger partial charge in [-0.05, 0) is 24.5 Å². The number of amides is 1. The third-order valence-electron chi connectivity index (χ3n) is 2.58. The van der Waals surface area contributed by atoms with E-state index in [-0.39, 0.29) is 5.91 Å². The average molecular weight is 249 g/mol. The summed E-state index contributed by atoms with van der Waals surface area (Å²) in [5.74, 6) is 1.43. The quantitative estimate of drug-likeness (QED) is 0.841. The molecule has 1 amide bonds. The second-order valence-corrected chi connectivity index (χ2v) is 4.94. The predicted octanol–water partition coefficient (Wildman–Crippen LogP) is 2.31. The highest BCUT2D eigenvalue weighted by Crippen LogP contribution is 2.11. The van der Waals surface area contributed by atoms with Crippen LogP contribution in [0.4, 0.5) is 5.82 Å². The molecular weight excluding hydrogens is 226 g/mol. The molecular formula is C14H23N3O. The van der Waals surface area contributed by atoms with E-state index in [4.69, 9.17) is 0 Å². The molecule has 1 heterocycles. The maximum atomic E-state index is 11.7. The summed E-state index contributed by atoms with van der Waals surface area (Å²) in [7, 11) is 2.01. The zero-order valence-corrected chi connectivity index (χ0v) is 11.7. The lowest BCUT2D eigenvalue weighted by atomic mass is 10.2. The van der Waals surface area contributed by atoms with Crippen molar-refractivity contribution in [3.63, 3.8) is 0 Å². The molecule has 0 aromatic carbocycles. The fourth-order valence-corrected chi connectivity index (χ4v) is 1.73. The van der Waals surface area contributed by atoms with Crippen molar-refractivity contribution >= 4 is 11.7 Å². The molecule has 0 aliphatic carbocycles. The van der Waals surface area contributed by atoms with Crippen LogP contribution in [0.3, 0.4) is 0 Å². The van der Waals surface area contributed by atoms with Gasteiger partial charge in [-0.15, -0.1) is 0 Å². The highest BCUT2D eigenvalue weighted by molar-refractivity contribution is 5.94. The number of pyridine rings is 1. The van der Waals surface area contributed by atoms with Crippen LogP contribution in [0.2, 0.25) is 0 Å². The third-order valence-corrected chi connectivity index (χ3v) is 2.58. The molecule has 1 aromatic rings. The molecule has 0 saturated carbocycles. The molecule has 100 valence electrons. The van der Waals surface area contributed by atoms with Gasteiger partial charge in [0.25, 0.3) is 5.91 Å². The fraction of sp³-hybridized carbons (Fsp3) is 0.571. The van der Waals surface area contributed by atoms with E-state index in [0.29, 0.717) is 18.0 Å². The van der Waals surface area contributed by atoms with Crippen LogP contribution in [0.5, 0.6) is 0 Å². The van der Waals surface area contributed by atoms with E-state index in [0.717, 1.165) is 18.8 Å². The van der Waals surface area contributed by atoms with E-state index >= 15 is 0 Å². The van der Waals surface area contributed by atoms with Crippen LogP contribution in [0.1, 0.15) is 37.6 Å². The SMILES string of the molecule is CCCNC(=O)c1ccc(N(C)CC(C)C)nc1. The number of rotatable bonds is 6. The Kier molecular flexibility index (Phi) is 5.62. The number of nitrogens with one attached hydrogen (secondary N) is 1. The van der Waals surface area contributed by atoms with Crippen molar-refractivity contribution in [1.82, 2.24) is 10.3 Å². The van der Waals surface area contributed by atoms with Crippen molar-refractivity contribution in [3.8, 4) is 0 Å². The maximum Gasteiger partial charge on any atom is 0.252 e. The Morgan fingerprint density at radius 2 is 2.17 bits per heavy atom. The van der Waals surface area contributed by atoms with Crippen molar-refractivity contribution in [2.45, 2.75) is 27.2 Å². The Balaban J connectivity index is 2.64. The number of carbonyl (C=O) groups is 1. The molecule has 0 radical (unpaired) electrons. The number of hydrogen-bond acceptors (Lipinski definition) is 3. The summed E-state index contributed by atoms with van der Waals surface area (Å²) in [6.07, 6.45) is 2.57.